The van der Waals surface area contributed by atoms with Crippen LogP contribution in [0.1, 0.15) is 85.4 Å². The molecule has 0 radical (unpaired) electrons. The highest BCUT2D eigenvalue weighted by Gasteiger charge is 2.23. The van der Waals surface area contributed by atoms with Gasteiger partial charge in [-0.1, -0.05) is 50.5 Å². The summed E-state index contributed by atoms with van der Waals surface area (Å²) in [5.74, 6) is -1.11. The van der Waals surface area contributed by atoms with Gasteiger partial charge in [0, 0.05) is 13.5 Å². The number of benzene rings is 1. The van der Waals surface area contributed by atoms with Crippen molar-refractivity contribution < 1.29 is 23.8 Å². The smallest absolute Gasteiger partial charge is 0.341 e. The first-order chi connectivity index (χ1) is 14.6. The van der Waals surface area contributed by atoms with E-state index in [9.17, 15) is 9.59 Å². The summed E-state index contributed by atoms with van der Waals surface area (Å²) >= 11 is 0. The molecule has 0 saturated carbocycles. The van der Waals surface area contributed by atoms with Crippen LogP contribution in [0.5, 0.6) is 0 Å². The third-order valence-corrected chi connectivity index (χ3v) is 4.82. The van der Waals surface area contributed by atoms with Crippen molar-refractivity contribution in [1.29, 1.82) is 0 Å². The second kappa shape index (κ2) is 15.4. The predicted octanol–water partition coefficient (Wildman–Crippen LogP) is 6.24. The number of hydrogen-bond acceptors (Lipinski definition) is 5. The number of hydrogen-bond donors (Lipinski definition) is 0. The van der Waals surface area contributed by atoms with Crippen LogP contribution < -0.4 is 0 Å². The van der Waals surface area contributed by atoms with E-state index in [2.05, 4.69) is 20.1 Å². The molecule has 0 amide bonds. The van der Waals surface area contributed by atoms with Crippen LogP contribution in [0.4, 0.5) is 0 Å². The van der Waals surface area contributed by atoms with E-state index in [1.54, 1.807) is 30.3 Å². The van der Waals surface area contributed by atoms with E-state index >= 15 is 0 Å². The highest BCUT2D eigenvalue weighted by atomic mass is 16.7. The van der Waals surface area contributed by atoms with Crippen molar-refractivity contribution in [1.82, 2.24) is 0 Å². The zero-order valence-electron chi connectivity index (χ0n) is 18.4. The van der Waals surface area contributed by atoms with Crippen LogP contribution in [0, 0.1) is 0 Å². The molecule has 2 atom stereocenters. The molecule has 5 heteroatoms. The topological polar surface area (TPSA) is 61.8 Å². The predicted molar refractivity (Wildman–Crippen MR) is 119 cm³/mol. The summed E-state index contributed by atoms with van der Waals surface area (Å²) in [5, 5.41) is 0. The minimum absolute atomic E-state index is 0.177. The number of methoxy groups -OCH3 is 1. The molecule has 0 aromatic heterocycles. The van der Waals surface area contributed by atoms with Crippen molar-refractivity contribution in [2.75, 3.05) is 7.11 Å². The molecule has 166 valence electrons. The lowest BCUT2D eigenvalue weighted by Crippen LogP contribution is -2.24. The van der Waals surface area contributed by atoms with E-state index in [0.717, 1.165) is 38.5 Å². The van der Waals surface area contributed by atoms with Crippen LogP contribution in [0.15, 0.2) is 49.6 Å². The van der Waals surface area contributed by atoms with Gasteiger partial charge < -0.3 is 14.2 Å². The van der Waals surface area contributed by atoms with Crippen LogP contribution in [-0.4, -0.2) is 31.4 Å². The molecule has 0 aliphatic carbocycles. The summed E-state index contributed by atoms with van der Waals surface area (Å²) in [6.07, 6.45) is 10.6. The molecule has 0 spiro atoms. The molecule has 1 aromatic rings. The number of allylic oxidation sites excluding steroid dienone is 2. The van der Waals surface area contributed by atoms with Crippen LogP contribution in [0.2, 0.25) is 0 Å². The monoisotopic (exact) mass is 416 g/mol. The van der Waals surface area contributed by atoms with Crippen LogP contribution in [0.25, 0.3) is 0 Å². The van der Waals surface area contributed by atoms with Crippen molar-refractivity contribution in [2.24, 2.45) is 0 Å². The Morgan fingerprint density at radius 3 is 2.07 bits per heavy atom. The lowest BCUT2D eigenvalue weighted by atomic mass is 10.0. The maximum absolute atomic E-state index is 12.9. The third kappa shape index (κ3) is 9.40. The molecular formula is C25H36O5. The second-order valence-corrected chi connectivity index (χ2v) is 7.22. The summed E-state index contributed by atoms with van der Waals surface area (Å²) in [5.41, 5.74) is 0.384. The van der Waals surface area contributed by atoms with Gasteiger partial charge in [0.15, 0.2) is 0 Å². The highest BCUT2D eigenvalue weighted by molar-refractivity contribution is 6.03. The summed E-state index contributed by atoms with van der Waals surface area (Å²) in [6, 6.07) is 6.56. The summed E-state index contributed by atoms with van der Waals surface area (Å²) < 4.78 is 16.4. The van der Waals surface area contributed by atoms with Gasteiger partial charge in [0.2, 0.25) is 6.29 Å². The van der Waals surface area contributed by atoms with Gasteiger partial charge in [-0.2, -0.15) is 0 Å². The number of esters is 2. The Morgan fingerprint density at radius 2 is 1.50 bits per heavy atom. The Morgan fingerprint density at radius 1 is 0.900 bits per heavy atom. The third-order valence-electron chi connectivity index (χ3n) is 4.82. The highest BCUT2D eigenvalue weighted by Crippen LogP contribution is 2.19. The molecule has 0 fully saturated rings. The molecule has 0 saturated heterocycles. The van der Waals surface area contributed by atoms with Gasteiger partial charge in [-0.25, -0.2) is 9.59 Å². The van der Waals surface area contributed by atoms with E-state index in [0.29, 0.717) is 12.8 Å². The Labute approximate surface area is 181 Å². The van der Waals surface area contributed by atoms with Gasteiger partial charge in [-0.15, -0.1) is 13.2 Å². The number of ether oxygens (including phenoxy) is 3. The molecule has 0 aliphatic heterocycles. The fraction of sp³-hybridized carbons (Fsp3) is 0.520. The standard InChI is InChI=1S/C25H36O5/c1-5-8-11-12-16-20(15-9-6-2)29-24(26)21-17-13-14-18-22(21)25(27)30-23(28-4)19-10-7-3/h6-7,13-14,17-18,20,23H,2-3,5,8-12,15-16,19H2,1,4H3/t20-,23-/m0/s1. The van der Waals surface area contributed by atoms with Crippen LogP contribution >= 0.6 is 0 Å². The van der Waals surface area contributed by atoms with E-state index < -0.39 is 18.2 Å². The van der Waals surface area contributed by atoms with Crippen molar-refractivity contribution in [3.8, 4) is 0 Å². The minimum atomic E-state index is -0.696. The van der Waals surface area contributed by atoms with Crippen molar-refractivity contribution in [3.05, 3.63) is 60.7 Å². The van der Waals surface area contributed by atoms with Crippen LogP contribution in [0.3, 0.4) is 0 Å². The Balaban J connectivity index is 2.85. The van der Waals surface area contributed by atoms with E-state index in [4.69, 9.17) is 14.2 Å². The molecule has 1 aromatic carbocycles. The van der Waals surface area contributed by atoms with E-state index in [-0.39, 0.29) is 17.2 Å². The number of unbranched alkanes of at least 4 members (excludes halogenated alkanes) is 3. The molecule has 5 nitrogen and oxygen atoms in total. The summed E-state index contributed by atoms with van der Waals surface area (Å²) in [7, 11) is 1.48. The summed E-state index contributed by atoms with van der Waals surface area (Å²) in [6.45, 7) is 9.58. The zero-order chi connectivity index (χ0) is 22.2. The van der Waals surface area contributed by atoms with Gasteiger partial charge in [-0.05, 0) is 44.2 Å². The maximum Gasteiger partial charge on any atom is 0.341 e. The largest absolute Gasteiger partial charge is 0.459 e. The first-order valence-corrected chi connectivity index (χ1v) is 10.8. The Kier molecular flexibility index (Phi) is 13.2. The fourth-order valence-corrected chi connectivity index (χ4v) is 3.08. The quantitative estimate of drug-likeness (QED) is 0.138. The number of carbonyl (C=O) groups is 2. The first kappa shape index (κ1) is 25.6. The molecule has 30 heavy (non-hydrogen) atoms. The molecule has 0 bridgehead atoms. The first-order valence-electron chi connectivity index (χ1n) is 10.8. The van der Waals surface area contributed by atoms with Crippen molar-refractivity contribution in [2.45, 2.75) is 77.1 Å². The second-order valence-electron chi connectivity index (χ2n) is 7.22. The van der Waals surface area contributed by atoms with E-state index in [1.807, 2.05) is 6.08 Å². The minimum Gasteiger partial charge on any atom is -0.459 e. The van der Waals surface area contributed by atoms with E-state index in [1.165, 1.54) is 13.5 Å². The number of rotatable bonds is 16. The lowest BCUT2D eigenvalue weighted by molar-refractivity contribution is -0.0926. The maximum atomic E-state index is 12.9. The fourth-order valence-electron chi connectivity index (χ4n) is 3.08. The molecule has 0 N–H and O–H groups in total. The Bertz CT molecular complexity index is 667. The van der Waals surface area contributed by atoms with Gasteiger partial charge in [0.05, 0.1) is 11.1 Å². The summed E-state index contributed by atoms with van der Waals surface area (Å²) in [4.78, 5) is 25.5. The normalized spacial score (nSPS) is 12.6. The average molecular weight is 417 g/mol. The lowest BCUT2D eigenvalue weighted by Gasteiger charge is -2.19. The Hall–Kier alpha value is -2.40. The molecule has 0 heterocycles. The molecular weight excluding hydrogens is 380 g/mol. The van der Waals surface area contributed by atoms with Gasteiger partial charge >= 0.3 is 11.9 Å². The van der Waals surface area contributed by atoms with Crippen molar-refractivity contribution in [3.63, 3.8) is 0 Å². The van der Waals surface area contributed by atoms with Crippen LogP contribution in [-0.2, 0) is 14.2 Å². The zero-order valence-corrected chi connectivity index (χ0v) is 18.4. The number of carbonyl (C=O) groups excluding carboxylic acids is 2. The van der Waals surface area contributed by atoms with Gasteiger partial charge in [0.25, 0.3) is 0 Å². The SMILES string of the molecule is C=CCC[C@@H](CCCCCC)OC(=O)c1ccccc1C(=O)O[C@@H](CCC=C)OC. The van der Waals surface area contributed by atoms with Gasteiger partial charge in [-0.3, -0.25) is 0 Å². The molecule has 0 unspecified atom stereocenters. The molecule has 1 rings (SSSR count). The van der Waals surface area contributed by atoms with Crippen molar-refractivity contribution >= 4 is 11.9 Å². The van der Waals surface area contributed by atoms with Gasteiger partial charge in [0.1, 0.15) is 6.10 Å². The molecule has 0 aliphatic rings. The average Bonchev–Trinajstić information content (AvgIpc) is 2.77.